The SMILES string of the molecule is CC1CCN(CC(CC=O)CC=O)CC1. The van der Waals surface area contributed by atoms with Gasteiger partial charge in [-0.3, -0.25) is 0 Å². The summed E-state index contributed by atoms with van der Waals surface area (Å²) in [5, 5.41) is 0. The van der Waals surface area contributed by atoms with Gasteiger partial charge in [-0.15, -0.1) is 0 Å². The van der Waals surface area contributed by atoms with Crippen LogP contribution in [0.5, 0.6) is 0 Å². The summed E-state index contributed by atoms with van der Waals surface area (Å²) < 4.78 is 0. The second-order valence-corrected chi connectivity index (χ2v) is 4.65. The van der Waals surface area contributed by atoms with Crippen LogP contribution in [0, 0.1) is 11.8 Å². The molecule has 0 amide bonds. The van der Waals surface area contributed by atoms with Crippen molar-refractivity contribution in [3.63, 3.8) is 0 Å². The molecule has 1 saturated heterocycles. The predicted octanol–water partition coefficient (Wildman–Crippen LogP) is 1.51. The first-order valence-electron chi connectivity index (χ1n) is 5.86. The lowest BCUT2D eigenvalue weighted by molar-refractivity contribution is -0.110. The van der Waals surface area contributed by atoms with Gasteiger partial charge in [0.05, 0.1) is 0 Å². The van der Waals surface area contributed by atoms with Crippen molar-refractivity contribution in [1.29, 1.82) is 0 Å². The van der Waals surface area contributed by atoms with E-state index in [2.05, 4.69) is 11.8 Å². The summed E-state index contributed by atoms with van der Waals surface area (Å²) in [5.74, 6) is 1.06. The number of hydrogen-bond donors (Lipinski definition) is 0. The molecule has 0 aromatic heterocycles. The maximum atomic E-state index is 10.4. The Hall–Kier alpha value is -0.700. The van der Waals surface area contributed by atoms with Crippen LogP contribution in [-0.2, 0) is 9.59 Å². The minimum absolute atomic E-state index is 0.230. The van der Waals surface area contributed by atoms with E-state index < -0.39 is 0 Å². The largest absolute Gasteiger partial charge is 0.303 e. The third-order valence-corrected chi connectivity index (χ3v) is 3.25. The highest BCUT2D eigenvalue weighted by molar-refractivity contribution is 5.54. The van der Waals surface area contributed by atoms with Crippen molar-refractivity contribution in [1.82, 2.24) is 4.90 Å². The first kappa shape index (κ1) is 12.4. The third kappa shape index (κ3) is 4.56. The van der Waals surface area contributed by atoms with Crippen molar-refractivity contribution in [2.45, 2.75) is 32.6 Å². The molecule has 0 aromatic carbocycles. The molecule has 0 aliphatic carbocycles. The van der Waals surface area contributed by atoms with Gasteiger partial charge >= 0.3 is 0 Å². The second kappa shape index (κ2) is 6.72. The molecule has 0 bridgehead atoms. The van der Waals surface area contributed by atoms with E-state index in [1.54, 1.807) is 0 Å². The van der Waals surface area contributed by atoms with Crippen molar-refractivity contribution in [2.75, 3.05) is 19.6 Å². The fourth-order valence-electron chi connectivity index (χ4n) is 2.13. The van der Waals surface area contributed by atoms with Crippen molar-refractivity contribution in [2.24, 2.45) is 11.8 Å². The summed E-state index contributed by atoms with van der Waals surface area (Å²) in [4.78, 5) is 23.3. The lowest BCUT2D eigenvalue weighted by atomic mass is 9.96. The maximum absolute atomic E-state index is 10.4. The molecule has 0 aromatic rings. The van der Waals surface area contributed by atoms with Crippen molar-refractivity contribution in [3.05, 3.63) is 0 Å². The van der Waals surface area contributed by atoms with E-state index in [9.17, 15) is 9.59 Å². The zero-order valence-corrected chi connectivity index (χ0v) is 9.52. The normalized spacial score (nSPS) is 19.3. The number of hydrogen-bond acceptors (Lipinski definition) is 3. The highest BCUT2D eigenvalue weighted by atomic mass is 16.1. The first-order valence-corrected chi connectivity index (χ1v) is 5.86. The molecule has 1 heterocycles. The standard InChI is InChI=1S/C12H21NO2/c1-11-2-6-13(7-3-11)10-12(4-8-14)5-9-15/h8-9,11-12H,2-7,10H2,1H3. The van der Waals surface area contributed by atoms with Crippen molar-refractivity contribution < 1.29 is 9.59 Å². The van der Waals surface area contributed by atoms with Crippen molar-refractivity contribution >= 4 is 12.6 Å². The Morgan fingerprint density at radius 2 is 1.73 bits per heavy atom. The molecule has 1 aliphatic rings. The third-order valence-electron chi connectivity index (χ3n) is 3.25. The minimum Gasteiger partial charge on any atom is -0.303 e. The maximum Gasteiger partial charge on any atom is 0.120 e. The van der Waals surface area contributed by atoms with E-state index in [4.69, 9.17) is 0 Å². The smallest absolute Gasteiger partial charge is 0.120 e. The van der Waals surface area contributed by atoms with E-state index in [1.165, 1.54) is 12.8 Å². The zero-order chi connectivity index (χ0) is 11.1. The number of piperidine rings is 1. The highest BCUT2D eigenvalue weighted by Gasteiger charge is 2.18. The highest BCUT2D eigenvalue weighted by Crippen LogP contribution is 2.18. The summed E-state index contributed by atoms with van der Waals surface area (Å²) in [6.45, 7) is 5.43. The first-order chi connectivity index (χ1) is 7.26. The number of aldehydes is 2. The van der Waals surface area contributed by atoms with Gasteiger partial charge in [0, 0.05) is 19.4 Å². The summed E-state index contributed by atoms with van der Waals surface area (Å²) in [6, 6.07) is 0. The monoisotopic (exact) mass is 211 g/mol. The Bertz CT molecular complexity index is 188. The topological polar surface area (TPSA) is 37.4 Å². The van der Waals surface area contributed by atoms with Crippen LogP contribution in [0.15, 0.2) is 0 Å². The molecule has 0 saturated carbocycles. The summed E-state index contributed by atoms with van der Waals surface area (Å²) in [6.07, 6.45) is 5.39. The average molecular weight is 211 g/mol. The quantitative estimate of drug-likeness (QED) is 0.625. The molecule has 0 N–H and O–H groups in total. The van der Waals surface area contributed by atoms with Crippen LogP contribution >= 0.6 is 0 Å². The van der Waals surface area contributed by atoms with Crippen LogP contribution in [0.1, 0.15) is 32.6 Å². The van der Waals surface area contributed by atoms with Crippen LogP contribution in [0.2, 0.25) is 0 Å². The Balaban J connectivity index is 2.30. The number of rotatable bonds is 6. The molecule has 1 aliphatic heterocycles. The molecule has 15 heavy (non-hydrogen) atoms. The molecule has 0 atom stereocenters. The molecule has 0 spiro atoms. The van der Waals surface area contributed by atoms with Crippen LogP contribution in [0.3, 0.4) is 0 Å². The summed E-state index contributed by atoms with van der Waals surface area (Å²) >= 11 is 0. The number of nitrogens with zero attached hydrogens (tertiary/aromatic N) is 1. The van der Waals surface area contributed by atoms with Gasteiger partial charge in [-0.25, -0.2) is 0 Å². The molecular formula is C12H21NO2. The second-order valence-electron chi connectivity index (χ2n) is 4.65. The van der Waals surface area contributed by atoms with Crippen LogP contribution in [0.4, 0.5) is 0 Å². The van der Waals surface area contributed by atoms with Crippen LogP contribution in [-0.4, -0.2) is 37.1 Å². The fourth-order valence-corrected chi connectivity index (χ4v) is 2.13. The Morgan fingerprint density at radius 3 is 2.20 bits per heavy atom. The van der Waals surface area contributed by atoms with Gasteiger partial charge in [-0.2, -0.15) is 0 Å². The van der Waals surface area contributed by atoms with E-state index in [-0.39, 0.29) is 5.92 Å². The minimum atomic E-state index is 0.230. The Morgan fingerprint density at radius 1 is 1.20 bits per heavy atom. The van der Waals surface area contributed by atoms with Gasteiger partial charge in [0.2, 0.25) is 0 Å². The van der Waals surface area contributed by atoms with Crippen molar-refractivity contribution in [3.8, 4) is 0 Å². The lowest BCUT2D eigenvalue weighted by Crippen LogP contribution is -2.36. The number of carbonyl (C=O) groups excluding carboxylic acids is 2. The summed E-state index contributed by atoms with van der Waals surface area (Å²) in [5.41, 5.74) is 0. The lowest BCUT2D eigenvalue weighted by Gasteiger charge is -2.32. The molecule has 3 nitrogen and oxygen atoms in total. The Kier molecular flexibility index (Phi) is 5.54. The van der Waals surface area contributed by atoms with Gasteiger partial charge in [0.15, 0.2) is 0 Å². The van der Waals surface area contributed by atoms with Crippen LogP contribution < -0.4 is 0 Å². The average Bonchev–Trinajstić information content (AvgIpc) is 2.22. The number of carbonyl (C=O) groups is 2. The molecule has 0 radical (unpaired) electrons. The van der Waals surface area contributed by atoms with E-state index >= 15 is 0 Å². The van der Waals surface area contributed by atoms with Crippen LogP contribution in [0.25, 0.3) is 0 Å². The molecule has 86 valence electrons. The van der Waals surface area contributed by atoms with Gasteiger partial charge < -0.3 is 14.5 Å². The van der Waals surface area contributed by atoms with E-state index in [1.807, 2.05) is 0 Å². The summed E-state index contributed by atoms with van der Waals surface area (Å²) in [7, 11) is 0. The van der Waals surface area contributed by atoms with Gasteiger partial charge in [-0.05, 0) is 37.8 Å². The molecule has 3 heteroatoms. The number of likely N-dealkylation sites (tertiary alicyclic amines) is 1. The Labute approximate surface area is 91.8 Å². The molecular weight excluding hydrogens is 190 g/mol. The zero-order valence-electron chi connectivity index (χ0n) is 9.52. The predicted molar refractivity (Wildman–Crippen MR) is 59.7 cm³/mol. The van der Waals surface area contributed by atoms with Gasteiger partial charge in [0.25, 0.3) is 0 Å². The van der Waals surface area contributed by atoms with Gasteiger partial charge in [-0.1, -0.05) is 6.92 Å². The van der Waals surface area contributed by atoms with E-state index in [0.29, 0.717) is 12.8 Å². The van der Waals surface area contributed by atoms with Gasteiger partial charge in [0.1, 0.15) is 12.6 Å². The molecule has 0 unspecified atom stereocenters. The fraction of sp³-hybridized carbons (Fsp3) is 0.833. The molecule has 1 fully saturated rings. The van der Waals surface area contributed by atoms with E-state index in [0.717, 1.165) is 38.1 Å². The molecule has 1 rings (SSSR count).